The number of esters is 2. The number of rotatable bonds is 10. The fraction of sp³-hybridized carbons (Fsp3) is 0.833. The number of ether oxygens (including phenoxy) is 2. The monoisotopic (exact) mass is 294 g/mol. The van der Waals surface area contributed by atoms with E-state index in [1.807, 2.05) is 0 Å². The molecule has 0 aliphatic rings. The van der Waals surface area contributed by atoms with Crippen LogP contribution >= 0.6 is 0 Å². The van der Waals surface area contributed by atoms with E-state index in [0.29, 0.717) is 25.9 Å². The Labute approximate surface area is 119 Å². The van der Waals surface area contributed by atoms with Crippen LogP contribution in [-0.4, -0.2) is 75.8 Å². The van der Waals surface area contributed by atoms with Crippen LogP contribution in [0.1, 0.15) is 12.8 Å². The largest absolute Gasteiger partial charge is 0.463 e. The lowest BCUT2D eigenvalue weighted by Gasteiger charge is -2.00. The first-order valence-electron chi connectivity index (χ1n) is 6.44. The molecule has 0 aromatic rings. The van der Waals surface area contributed by atoms with Gasteiger partial charge in [-0.3, -0.25) is 9.59 Å². The lowest BCUT2D eigenvalue weighted by molar-refractivity contribution is -0.145. The van der Waals surface area contributed by atoms with Crippen molar-refractivity contribution >= 4 is 11.9 Å². The van der Waals surface area contributed by atoms with E-state index in [2.05, 4.69) is 20.1 Å². The zero-order valence-electron chi connectivity index (χ0n) is 12.2. The summed E-state index contributed by atoms with van der Waals surface area (Å²) >= 11 is 0. The lowest BCUT2D eigenvalue weighted by Crippen LogP contribution is -2.16. The fourth-order valence-electron chi connectivity index (χ4n) is 0.917. The van der Waals surface area contributed by atoms with Gasteiger partial charge in [-0.2, -0.15) is 0 Å². The molecule has 120 valence electrons. The van der Waals surface area contributed by atoms with Crippen molar-refractivity contribution < 1.29 is 29.3 Å². The van der Waals surface area contributed by atoms with E-state index < -0.39 is 0 Å². The van der Waals surface area contributed by atoms with Gasteiger partial charge in [0, 0.05) is 13.1 Å². The average Bonchev–Trinajstić information content (AvgIpc) is 2.47. The third-order valence-corrected chi connectivity index (χ3v) is 1.87. The summed E-state index contributed by atoms with van der Waals surface area (Å²) in [5, 5.41) is 22.1. The highest BCUT2D eigenvalue weighted by atomic mass is 16.5. The van der Waals surface area contributed by atoms with Crippen LogP contribution in [0.15, 0.2) is 0 Å². The average molecular weight is 294 g/mol. The summed E-state index contributed by atoms with van der Waals surface area (Å²) < 4.78 is 9.13. The van der Waals surface area contributed by atoms with Gasteiger partial charge < -0.3 is 30.3 Å². The Balaban J connectivity index is 0. The van der Waals surface area contributed by atoms with Crippen molar-refractivity contribution in [3.05, 3.63) is 0 Å². The van der Waals surface area contributed by atoms with Crippen molar-refractivity contribution in [3.63, 3.8) is 0 Å². The Kier molecular flexibility index (Phi) is 18.7. The SMILES string of the molecule is CNCCC(=O)OCCO.CNCCC(=O)OCCO. The molecule has 0 radical (unpaired) electrons. The molecule has 0 atom stereocenters. The van der Waals surface area contributed by atoms with Gasteiger partial charge in [-0.05, 0) is 14.1 Å². The molecule has 0 aromatic carbocycles. The molecule has 0 heterocycles. The quantitative estimate of drug-likeness (QED) is 0.351. The molecule has 20 heavy (non-hydrogen) atoms. The third-order valence-electron chi connectivity index (χ3n) is 1.87. The van der Waals surface area contributed by atoms with Crippen LogP contribution < -0.4 is 10.6 Å². The van der Waals surface area contributed by atoms with Gasteiger partial charge in [0.05, 0.1) is 26.1 Å². The van der Waals surface area contributed by atoms with E-state index in [9.17, 15) is 9.59 Å². The molecule has 0 aromatic heterocycles. The van der Waals surface area contributed by atoms with Gasteiger partial charge in [0.1, 0.15) is 13.2 Å². The molecule has 0 saturated carbocycles. The molecule has 8 heteroatoms. The predicted octanol–water partition coefficient (Wildman–Crippen LogP) is -1.74. The van der Waals surface area contributed by atoms with Crippen molar-refractivity contribution in [3.8, 4) is 0 Å². The topological polar surface area (TPSA) is 117 Å². The second-order valence-electron chi connectivity index (χ2n) is 3.60. The number of aliphatic hydroxyl groups is 2. The van der Waals surface area contributed by atoms with Crippen LogP contribution in [0.4, 0.5) is 0 Å². The zero-order valence-corrected chi connectivity index (χ0v) is 12.2. The van der Waals surface area contributed by atoms with Crippen LogP contribution in [0.2, 0.25) is 0 Å². The van der Waals surface area contributed by atoms with E-state index >= 15 is 0 Å². The molecule has 0 spiro atoms. The Morgan fingerprint density at radius 3 is 1.45 bits per heavy atom. The highest BCUT2D eigenvalue weighted by Gasteiger charge is 1.99. The number of hydrogen-bond donors (Lipinski definition) is 4. The van der Waals surface area contributed by atoms with Gasteiger partial charge in [-0.1, -0.05) is 0 Å². The minimum Gasteiger partial charge on any atom is -0.463 e. The molecule has 0 aliphatic carbocycles. The van der Waals surface area contributed by atoms with E-state index in [0.717, 1.165) is 0 Å². The van der Waals surface area contributed by atoms with E-state index in [-0.39, 0.29) is 38.4 Å². The number of hydrogen-bond acceptors (Lipinski definition) is 8. The molecular weight excluding hydrogens is 268 g/mol. The molecule has 0 unspecified atom stereocenters. The van der Waals surface area contributed by atoms with Gasteiger partial charge >= 0.3 is 11.9 Å². The number of carbonyl (C=O) groups excluding carboxylic acids is 2. The highest BCUT2D eigenvalue weighted by Crippen LogP contribution is 1.83. The summed E-state index contributed by atoms with van der Waals surface area (Å²) in [6.07, 6.45) is 0.715. The number of nitrogens with one attached hydrogen (secondary N) is 2. The smallest absolute Gasteiger partial charge is 0.307 e. The summed E-state index contributed by atoms with van der Waals surface area (Å²) in [7, 11) is 3.53. The molecule has 0 saturated heterocycles. The molecule has 4 N–H and O–H groups in total. The molecule has 0 amide bonds. The van der Waals surface area contributed by atoms with Crippen molar-refractivity contribution in [2.75, 3.05) is 53.6 Å². The standard InChI is InChI=1S/2C6H13NO3/c2*1-7-3-2-6(9)10-5-4-8/h2*7-8H,2-5H2,1H3. The molecule has 0 fully saturated rings. The first-order valence-corrected chi connectivity index (χ1v) is 6.44. The van der Waals surface area contributed by atoms with Crippen LogP contribution in [0.5, 0.6) is 0 Å². The Bertz CT molecular complexity index is 194. The first kappa shape index (κ1) is 21.1. The number of aliphatic hydroxyl groups excluding tert-OH is 2. The van der Waals surface area contributed by atoms with Gasteiger partial charge in [-0.25, -0.2) is 0 Å². The summed E-state index contributed by atoms with van der Waals surface area (Å²) in [6.45, 7) is 1.22. The summed E-state index contributed by atoms with van der Waals surface area (Å²) in [5.74, 6) is -0.549. The summed E-state index contributed by atoms with van der Waals surface area (Å²) in [4.78, 5) is 21.2. The molecular formula is C12H26N2O6. The van der Waals surface area contributed by atoms with Crippen molar-refractivity contribution in [2.45, 2.75) is 12.8 Å². The lowest BCUT2D eigenvalue weighted by atomic mass is 10.4. The second-order valence-corrected chi connectivity index (χ2v) is 3.60. The first-order chi connectivity index (χ1) is 9.62. The van der Waals surface area contributed by atoms with Gasteiger partial charge in [-0.15, -0.1) is 0 Å². The Morgan fingerprint density at radius 2 is 1.20 bits per heavy atom. The summed E-state index contributed by atoms with van der Waals surface area (Å²) in [5.41, 5.74) is 0. The normalized spacial score (nSPS) is 9.40. The van der Waals surface area contributed by atoms with Crippen LogP contribution in [0.3, 0.4) is 0 Å². The van der Waals surface area contributed by atoms with Gasteiger partial charge in [0.15, 0.2) is 0 Å². The van der Waals surface area contributed by atoms with Crippen molar-refractivity contribution in [2.24, 2.45) is 0 Å². The maximum atomic E-state index is 10.6. The van der Waals surface area contributed by atoms with Gasteiger partial charge in [0.2, 0.25) is 0 Å². The minimum atomic E-state index is -0.275. The minimum absolute atomic E-state index is 0.0997. The van der Waals surface area contributed by atoms with E-state index in [1.165, 1.54) is 0 Å². The maximum Gasteiger partial charge on any atom is 0.307 e. The molecule has 0 aliphatic heterocycles. The Hall–Kier alpha value is -1.22. The van der Waals surface area contributed by atoms with Crippen LogP contribution in [-0.2, 0) is 19.1 Å². The second kappa shape index (κ2) is 17.8. The van der Waals surface area contributed by atoms with Gasteiger partial charge in [0.25, 0.3) is 0 Å². The van der Waals surface area contributed by atoms with Crippen LogP contribution in [0, 0.1) is 0 Å². The Morgan fingerprint density at radius 1 is 0.850 bits per heavy atom. The molecule has 0 rings (SSSR count). The van der Waals surface area contributed by atoms with E-state index in [4.69, 9.17) is 10.2 Å². The molecule has 0 bridgehead atoms. The predicted molar refractivity (Wildman–Crippen MR) is 73.2 cm³/mol. The third kappa shape index (κ3) is 19.1. The van der Waals surface area contributed by atoms with Crippen molar-refractivity contribution in [1.29, 1.82) is 0 Å². The maximum absolute atomic E-state index is 10.6. The number of carbonyl (C=O) groups is 2. The zero-order chi connectivity index (χ0) is 15.6. The van der Waals surface area contributed by atoms with Crippen LogP contribution in [0.25, 0.3) is 0 Å². The van der Waals surface area contributed by atoms with Crippen molar-refractivity contribution in [1.82, 2.24) is 10.6 Å². The highest BCUT2D eigenvalue weighted by molar-refractivity contribution is 5.69. The fourth-order valence-corrected chi connectivity index (χ4v) is 0.917. The summed E-state index contributed by atoms with van der Waals surface area (Å²) in [6, 6.07) is 0. The molecule has 8 nitrogen and oxygen atoms in total. The van der Waals surface area contributed by atoms with E-state index in [1.54, 1.807) is 14.1 Å².